The van der Waals surface area contributed by atoms with Crippen LogP contribution >= 0.6 is 0 Å². The number of anilines is 1. The van der Waals surface area contributed by atoms with E-state index < -0.39 is 10.0 Å². The maximum Gasteiger partial charge on any atom is 0.242 e. The lowest BCUT2D eigenvalue weighted by Gasteiger charge is -2.14. The van der Waals surface area contributed by atoms with E-state index in [0.29, 0.717) is 47.1 Å². The zero-order valence-electron chi connectivity index (χ0n) is 21.0. The number of hydrogen-bond acceptors (Lipinski definition) is 7. The summed E-state index contributed by atoms with van der Waals surface area (Å²) < 4.78 is 47.6. The van der Waals surface area contributed by atoms with Gasteiger partial charge >= 0.3 is 0 Å². The van der Waals surface area contributed by atoms with Gasteiger partial charge in [0.05, 0.1) is 17.7 Å². The van der Waals surface area contributed by atoms with Crippen molar-refractivity contribution in [1.29, 1.82) is 5.26 Å². The lowest BCUT2D eigenvalue weighted by molar-refractivity contribution is 0.356. The highest BCUT2D eigenvalue weighted by Crippen LogP contribution is 2.31. The van der Waals surface area contributed by atoms with Crippen molar-refractivity contribution in [3.05, 3.63) is 71.4 Å². The number of hydrogen-bond donors (Lipinski definition) is 1. The van der Waals surface area contributed by atoms with Crippen LogP contribution in [0, 0.1) is 17.1 Å². The third-order valence-corrected chi connectivity index (χ3v) is 7.74. The number of nitrogens with one attached hydrogen (secondary N) is 1. The highest BCUT2D eigenvalue weighted by Gasteiger charge is 2.21. The molecule has 4 aromatic rings. The maximum atomic E-state index is 14.5. The molecule has 2 aromatic heterocycles. The van der Waals surface area contributed by atoms with Gasteiger partial charge in [-0.25, -0.2) is 27.1 Å². The molecule has 0 amide bonds. The van der Waals surface area contributed by atoms with Gasteiger partial charge in [0.15, 0.2) is 11.3 Å². The van der Waals surface area contributed by atoms with Crippen LogP contribution in [-0.2, 0) is 23.0 Å². The van der Waals surface area contributed by atoms with E-state index >= 15 is 0 Å². The smallest absolute Gasteiger partial charge is 0.242 e. The number of fused-ring (bicyclic) bond motifs is 2. The molecule has 0 bridgehead atoms. The molecule has 0 spiro atoms. The predicted molar refractivity (Wildman–Crippen MR) is 138 cm³/mol. The number of nitriles is 1. The first-order valence-corrected chi connectivity index (χ1v) is 13.2. The van der Waals surface area contributed by atoms with Crippen molar-refractivity contribution in [3.8, 4) is 22.9 Å². The quantitative estimate of drug-likeness (QED) is 0.403. The fraction of sp³-hybridized carbons (Fsp3) is 0.269. The summed E-state index contributed by atoms with van der Waals surface area (Å²) >= 11 is 0. The third kappa shape index (κ3) is 4.85. The average Bonchev–Trinajstić information content (AvgIpc) is 3.57. The summed E-state index contributed by atoms with van der Waals surface area (Å²) in [6.07, 6.45) is 3.78. The second-order valence-electron chi connectivity index (χ2n) is 8.19. The molecule has 0 radical (unpaired) electrons. The van der Waals surface area contributed by atoms with Crippen LogP contribution < -0.4 is 10.1 Å². The van der Waals surface area contributed by atoms with Gasteiger partial charge in [0.25, 0.3) is 0 Å². The molecule has 0 saturated heterocycles. The average molecular weight is 523 g/mol. The Morgan fingerprint density at radius 3 is 2.59 bits per heavy atom. The molecule has 2 aromatic carbocycles. The van der Waals surface area contributed by atoms with Gasteiger partial charge in [0.2, 0.25) is 16.0 Å². The SMILES string of the molecule is CC.CN(C)S(=O)(=O)c1ccc(-c2cnc(NCc3c(F)ccc4c3CCO4)n3cc(C#N)nc23)cc1. The largest absolute Gasteiger partial charge is 0.493 e. The van der Waals surface area contributed by atoms with Crippen molar-refractivity contribution >= 4 is 21.6 Å². The first-order chi connectivity index (χ1) is 17.8. The highest BCUT2D eigenvalue weighted by atomic mass is 32.2. The van der Waals surface area contributed by atoms with Crippen LogP contribution in [-0.4, -0.2) is 47.8 Å². The molecule has 37 heavy (non-hydrogen) atoms. The van der Waals surface area contributed by atoms with Crippen LogP contribution in [0.1, 0.15) is 30.7 Å². The van der Waals surface area contributed by atoms with Crippen LogP contribution in [0.25, 0.3) is 16.8 Å². The number of nitrogens with zero attached hydrogens (tertiary/aromatic N) is 5. The molecule has 9 nitrogen and oxygen atoms in total. The van der Waals surface area contributed by atoms with Crippen LogP contribution in [0.15, 0.2) is 53.7 Å². The second kappa shape index (κ2) is 10.5. The number of rotatable bonds is 6. The van der Waals surface area contributed by atoms with Crippen molar-refractivity contribution in [1.82, 2.24) is 18.7 Å². The van der Waals surface area contributed by atoms with E-state index in [9.17, 15) is 18.1 Å². The fourth-order valence-electron chi connectivity index (χ4n) is 4.06. The molecular weight excluding hydrogens is 495 g/mol. The summed E-state index contributed by atoms with van der Waals surface area (Å²) in [6.45, 7) is 4.70. The molecule has 0 saturated carbocycles. The lowest BCUT2D eigenvalue weighted by Crippen LogP contribution is -2.22. The Labute approximate surface area is 215 Å². The normalized spacial score (nSPS) is 12.5. The molecule has 0 unspecified atom stereocenters. The Balaban J connectivity index is 0.00000156. The highest BCUT2D eigenvalue weighted by molar-refractivity contribution is 7.89. The Hall–Kier alpha value is -4.01. The minimum Gasteiger partial charge on any atom is -0.493 e. The minimum atomic E-state index is -3.56. The monoisotopic (exact) mass is 522 g/mol. The summed E-state index contributed by atoms with van der Waals surface area (Å²) in [6, 6.07) is 11.4. The molecular formula is C26H27FN6O3S. The van der Waals surface area contributed by atoms with Gasteiger partial charge in [-0.2, -0.15) is 5.26 Å². The maximum absolute atomic E-state index is 14.5. The van der Waals surface area contributed by atoms with Gasteiger partial charge in [-0.05, 0) is 29.8 Å². The van der Waals surface area contributed by atoms with Crippen molar-refractivity contribution in [3.63, 3.8) is 0 Å². The Morgan fingerprint density at radius 2 is 1.92 bits per heavy atom. The summed E-state index contributed by atoms with van der Waals surface area (Å²) in [7, 11) is -0.620. The van der Waals surface area contributed by atoms with Gasteiger partial charge in [-0.15, -0.1) is 0 Å². The zero-order valence-corrected chi connectivity index (χ0v) is 21.8. The van der Waals surface area contributed by atoms with Crippen molar-refractivity contribution in [2.75, 3.05) is 26.0 Å². The van der Waals surface area contributed by atoms with Crippen molar-refractivity contribution < 1.29 is 17.5 Å². The predicted octanol–water partition coefficient (Wildman–Crippen LogP) is 4.23. The number of sulfonamides is 1. The molecule has 11 heteroatoms. The number of aromatic nitrogens is 3. The molecule has 3 heterocycles. The van der Waals surface area contributed by atoms with Gasteiger partial charge in [-0.3, -0.25) is 4.40 Å². The van der Waals surface area contributed by atoms with Crippen LogP contribution in [0.4, 0.5) is 10.3 Å². The molecule has 1 aliphatic heterocycles. The molecule has 1 aliphatic rings. The van der Waals surface area contributed by atoms with Gasteiger partial charge < -0.3 is 10.1 Å². The zero-order chi connectivity index (χ0) is 26.7. The van der Waals surface area contributed by atoms with Gasteiger partial charge in [0.1, 0.15) is 17.6 Å². The summed E-state index contributed by atoms with van der Waals surface area (Å²) in [5.74, 6) is 0.747. The number of imidazole rings is 1. The lowest BCUT2D eigenvalue weighted by atomic mass is 10.0. The van der Waals surface area contributed by atoms with Gasteiger partial charge in [0, 0.05) is 49.9 Å². The summed E-state index contributed by atoms with van der Waals surface area (Å²) in [4.78, 5) is 9.05. The summed E-state index contributed by atoms with van der Waals surface area (Å²) in [5.41, 5.74) is 3.30. The molecule has 192 valence electrons. The van der Waals surface area contributed by atoms with Gasteiger partial charge in [-0.1, -0.05) is 26.0 Å². The molecule has 0 atom stereocenters. The van der Waals surface area contributed by atoms with E-state index in [0.717, 1.165) is 9.87 Å². The van der Waals surface area contributed by atoms with Crippen LogP contribution in [0.3, 0.4) is 0 Å². The molecule has 5 rings (SSSR count). The van der Waals surface area contributed by atoms with E-state index in [1.807, 2.05) is 19.9 Å². The van der Waals surface area contributed by atoms with E-state index in [1.165, 1.54) is 32.3 Å². The Morgan fingerprint density at radius 1 is 1.19 bits per heavy atom. The first-order valence-electron chi connectivity index (χ1n) is 11.8. The minimum absolute atomic E-state index is 0.163. The van der Waals surface area contributed by atoms with E-state index in [1.54, 1.807) is 35.0 Å². The van der Waals surface area contributed by atoms with Crippen molar-refractivity contribution in [2.45, 2.75) is 31.7 Å². The van der Waals surface area contributed by atoms with E-state index in [4.69, 9.17) is 4.74 Å². The summed E-state index contributed by atoms with van der Waals surface area (Å²) in [5, 5.41) is 12.6. The van der Waals surface area contributed by atoms with E-state index in [-0.39, 0.29) is 23.0 Å². The van der Waals surface area contributed by atoms with Crippen molar-refractivity contribution in [2.24, 2.45) is 0 Å². The molecule has 0 fully saturated rings. The topological polar surface area (TPSA) is 113 Å². The number of benzene rings is 2. The fourth-order valence-corrected chi connectivity index (χ4v) is 4.96. The Bertz CT molecular complexity index is 1590. The molecule has 1 N–H and O–H groups in total. The number of halogens is 1. The standard InChI is InChI=1S/C24H21FN6O3S.C2H6/c1-30(2)35(32,33)17-5-3-15(4-6-17)19-12-27-24(31-14-16(11-26)29-23(19)31)28-13-20-18-9-10-34-22(18)8-7-21(20)25;1-2/h3-8,12,14H,9-10,13H2,1-2H3,(H,27,28);1-2H3. The van der Waals surface area contributed by atoms with E-state index in [2.05, 4.69) is 15.3 Å². The Kier molecular flexibility index (Phi) is 7.42. The third-order valence-electron chi connectivity index (χ3n) is 5.91. The number of ether oxygens (including phenoxy) is 1. The second-order valence-corrected chi connectivity index (χ2v) is 10.3. The first kappa shape index (κ1) is 26.1. The van der Waals surface area contributed by atoms with Crippen LogP contribution in [0.5, 0.6) is 5.75 Å². The van der Waals surface area contributed by atoms with Crippen LogP contribution in [0.2, 0.25) is 0 Å². The molecule has 0 aliphatic carbocycles.